The molecule has 1 aliphatic heterocycles. The van der Waals surface area contributed by atoms with Crippen LogP contribution >= 0.6 is 15.9 Å². The minimum atomic E-state index is -1.08. The zero-order valence-corrected chi connectivity index (χ0v) is 15.0. The van der Waals surface area contributed by atoms with Crippen molar-refractivity contribution in [2.75, 3.05) is 7.11 Å². The van der Waals surface area contributed by atoms with Gasteiger partial charge in [-0.05, 0) is 36.2 Å². The molecule has 1 unspecified atom stereocenters. The van der Waals surface area contributed by atoms with Crippen molar-refractivity contribution in [2.45, 2.75) is 19.0 Å². The summed E-state index contributed by atoms with van der Waals surface area (Å²) in [5.41, 5.74) is 0.515. The predicted molar refractivity (Wildman–Crippen MR) is 93.6 cm³/mol. The van der Waals surface area contributed by atoms with Gasteiger partial charge in [0.25, 0.3) is 5.91 Å². The Morgan fingerprint density at radius 2 is 1.79 bits per heavy atom. The van der Waals surface area contributed by atoms with E-state index < -0.39 is 11.6 Å². The Balaban J connectivity index is 1.88. The zero-order chi connectivity index (χ0) is 17.3. The lowest BCUT2D eigenvalue weighted by Crippen LogP contribution is -2.40. The number of amides is 3. The molecule has 1 fully saturated rings. The summed E-state index contributed by atoms with van der Waals surface area (Å²) >= 11 is 3.45. The van der Waals surface area contributed by atoms with Crippen LogP contribution in [-0.4, -0.2) is 23.9 Å². The van der Waals surface area contributed by atoms with Gasteiger partial charge >= 0.3 is 6.03 Å². The van der Waals surface area contributed by atoms with Crippen LogP contribution in [0.1, 0.15) is 18.1 Å². The second-order valence-corrected chi connectivity index (χ2v) is 6.62. The van der Waals surface area contributed by atoms with Gasteiger partial charge in [-0.3, -0.25) is 9.69 Å². The van der Waals surface area contributed by atoms with E-state index in [0.717, 1.165) is 15.6 Å². The number of nitrogens with zero attached hydrogens (tertiary/aromatic N) is 1. The highest BCUT2D eigenvalue weighted by Gasteiger charge is 2.48. The summed E-state index contributed by atoms with van der Waals surface area (Å²) < 4.78 is 6.00. The summed E-state index contributed by atoms with van der Waals surface area (Å²) in [5, 5.41) is 2.80. The Morgan fingerprint density at radius 1 is 1.12 bits per heavy atom. The lowest BCUT2D eigenvalue weighted by molar-refractivity contribution is -0.131. The fraction of sp³-hybridized carbons (Fsp3) is 0.222. The van der Waals surface area contributed by atoms with Crippen LogP contribution in [0.4, 0.5) is 4.79 Å². The first-order valence-electron chi connectivity index (χ1n) is 7.48. The molecule has 1 atom stereocenters. The Morgan fingerprint density at radius 3 is 2.42 bits per heavy atom. The van der Waals surface area contributed by atoms with Gasteiger partial charge in [0.1, 0.15) is 11.3 Å². The molecule has 3 rings (SSSR count). The molecule has 0 radical (unpaired) electrons. The van der Waals surface area contributed by atoms with Crippen LogP contribution in [0, 0.1) is 0 Å². The van der Waals surface area contributed by atoms with E-state index in [1.807, 2.05) is 24.3 Å². The first-order chi connectivity index (χ1) is 11.5. The molecule has 3 amide bonds. The molecule has 1 saturated heterocycles. The molecule has 0 spiro atoms. The van der Waals surface area contributed by atoms with Crippen molar-refractivity contribution in [2.24, 2.45) is 0 Å². The van der Waals surface area contributed by atoms with E-state index in [1.54, 1.807) is 38.3 Å². The number of imide groups is 1. The van der Waals surface area contributed by atoms with E-state index in [9.17, 15) is 9.59 Å². The van der Waals surface area contributed by atoms with E-state index in [-0.39, 0.29) is 12.5 Å². The maximum Gasteiger partial charge on any atom is 0.325 e. The molecule has 5 nitrogen and oxygen atoms in total. The molecule has 1 N–H and O–H groups in total. The second-order valence-electron chi connectivity index (χ2n) is 5.77. The van der Waals surface area contributed by atoms with Crippen LogP contribution in [0.15, 0.2) is 53.0 Å². The maximum atomic E-state index is 12.9. The number of carbonyl (C=O) groups is 2. The summed E-state index contributed by atoms with van der Waals surface area (Å²) in [4.78, 5) is 26.5. The molecule has 0 bridgehead atoms. The molecule has 1 heterocycles. The summed E-state index contributed by atoms with van der Waals surface area (Å²) in [5.74, 6) is 0.428. The third-order valence-electron chi connectivity index (χ3n) is 4.23. The zero-order valence-electron chi connectivity index (χ0n) is 13.4. The second kappa shape index (κ2) is 6.28. The predicted octanol–water partition coefficient (Wildman–Crippen LogP) is 3.42. The van der Waals surface area contributed by atoms with Crippen molar-refractivity contribution in [3.05, 3.63) is 64.1 Å². The Labute approximate surface area is 148 Å². The number of hydrogen-bond donors (Lipinski definition) is 1. The quantitative estimate of drug-likeness (QED) is 0.816. The fourth-order valence-corrected chi connectivity index (χ4v) is 3.17. The van der Waals surface area contributed by atoms with Gasteiger partial charge in [-0.2, -0.15) is 0 Å². The van der Waals surface area contributed by atoms with Crippen LogP contribution in [0.3, 0.4) is 0 Å². The van der Waals surface area contributed by atoms with Crippen LogP contribution in [-0.2, 0) is 16.9 Å². The largest absolute Gasteiger partial charge is 0.497 e. The summed E-state index contributed by atoms with van der Waals surface area (Å²) in [6.45, 7) is 1.94. The monoisotopic (exact) mass is 388 g/mol. The normalized spacial score (nSPS) is 20.2. The highest BCUT2D eigenvalue weighted by atomic mass is 79.9. The van der Waals surface area contributed by atoms with Gasteiger partial charge in [-0.15, -0.1) is 0 Å². The smallest absolute Gasteiger partial charge is 0.325 e. The van der Waals surface area contributed by atoms with Gasteiger partial charge in [0.15, 0.2) is 0 Å². The van der Waals surface area contributed by atoms with Gasteiger partial charge in [0.05, 0.1) is 13.7 Å². The molecule has 0 aliphatic carbocycles. The highest BCUT2D eigenvalue weighted by molar-refractivity contribution is 9.10. The third kappa shape index (κ3) is 2.78. The average molecular weight is 389 g/mol. The average Bonchev–Trinajstić information content (AvgIpc) is 2.81. The van der Waals surface area contributed by atoms with Crippen molar-refractivity contribution in [3.63, 3.8) is 0 Å². The van der Waals surface area contributed by atoms with E-state index in [1.165, 1.54) is 4.90 Å². The standard InChI is InChI=1S/C18H17BrN2O3/c1-18(13-7-9-14(24-2)10-8-13)16(22)21(17(23)20-18)11-12-5-3-4-6-15(12)19/h3-10H,11H2,1-2H3,(H,20,23). The molecule has 24 heavy (non-hydrogen) atoms. The maximum absolute atomic E-state index is 12.9. The number of methoxy groups -OCH3 is 1. The lowest BCUT2D eigenvalue weighted by atomic mass is 9.92. The van der Waals surface area contributed by atoms with Crippen molar-refractivity contribution in [1.29, 1.82) is 0 Å². The molecule has 1 aliphatic rings. The van der Waals surface area contributed by atoms with Crippen LogP contribution in [0.25, 0.3) is 0 Å². The molecule has 2 aromatic rings. The van der Waals surface area contributed by atoms with Crippen LogP contribution in [0.5, 0.6) is 5.75 Å². The Kier molecular flexibility index (Phi) is 4.32. The lowest BCUT2D eigenvalue weighted by Gasteiger charge is -2.22. The van der Waals surface area contributed by atoms with Crippen LogP contribution < -0.4 is 10.1 Å². The Hall–Kier alpha value is -2.34. The molecule has 6 heteroatoms. The summed E-state index contributed by atoms with van der Waals surface area (Å²) in [6, 6.07) is 14.3. The summed E-state index contributed by atoms with van der Waals surface area (Å²) in [6.07, 6.45) is 0. The molecule has 0 saturated carbocycles. The van der Waals surface area contributed by atoms with Crippen molar-refractivity contribution in [1.82, 2.24) is 10.2 Å². The number of ether oxygens (including phenoxy) is 1. The minimum Gasteiger partial charge on any atom is -0.497 e. The van der Waals surface area contributed by atoms with Crippen molar-refractivity contribution < 1.29 is 14.3 Å². The molecular weight excluding hydrogens is 372 g/mol. The number of rotatable bonds is 4. The van der Waals surface area contributed by atoms with Gasteiger partial charge in [-0.1, -0.05) is 46.3 Å². The first-order valence-corrected chi connectivity index (χ1v) is 8.27. The summed E-state index contributed by atoms with van der Waals surface area (Å²) in [7, 11) is 1.58. The topological polar surface area (TPSA) is 58.6 Å². The third-order valence-corrected chi connectivity index (χ3v) is 5.00. The van der Waals surface area contributed by atoms with Crippen LogP contribution in [0.2, 0.25) is 0 Å². The molecular formula is C18H17BrN2O3. The number of carbonyl (C=O) groups excluding carboxylic acids is 2. The SMILES string of the molecule is COc1ccc(C2(C)NC(=O)N(Cc3ccccc3Br)C2=O)cc1. The number of nitrogens with one attached hydrogen (secondary N) is 1. The van der Waals surface area contributed by atoms with E-state index in [4.69, 9.17) is 4.74 Å². The fourth-order valence-electron chi connectivity index (χ4n) is 2.76. The van der Waals surface area contributed by atoms with Gasteiger partial charge in [0.2, 0.25) is 0 Å². The highest BCUT2D eigenvalue weighted by Crippen LogP contribution is 2.31. The number of urea groups is 1. The van der Waals surface area contributed by atoms with Crippen molar-refractivity contribution in [3.8, 4) is 5.75 Å². The van der Waals surface area contributed by atoms with Gasteiger partial charge < -0.3 is 10.1 Å². The number of benzene rings is 2. The van der Waals surface area contributed by atoms with Crippen molar-refractivity contribution >= 4 is 27.9 Å². The molecule has 0 aromatic heterocycles. The van der Waals surface area contributed by atoms with E-state index >= 15 is 0 Å². The minimum absolute atomic E-state index is 0.220. The first kappa shape index (κ1) is 16.5. The number of hydrogen-bond acceptors (Lipinski definition) is 3. The Bertz CT molecular complexity index is 791. The van der Waals surface area contributed by atoms with E-state index in [2.05, 4.69) is 21.2 Å². The van der Waals surface area contributed by atoms with E-state index in [0.29, 0.717) is 5.75 Å². The molecule has 2 aromatic carbocycles. The van der Waals surface area contributed by atoms with Gasteiger partial charge in [0, 0.05) is 4.47 Å². The van der Waals surface area contributed by atoms with Gasteiger partial charge in [-0.25, -0.2) is 4.79 Å². The molecule has 124 valence electrons. The number of halogens is 1.